The highest BCUT2D eigenvalue weighted by Gasteiger charge is 2.29. The largest absolute Gasteiger partial charge is 0.383 e. The van der Waals surface area contributed by atoms with E-state index in [0.29, 0.717) is 29.9 Å². The molecule has 1 N–H and O–H groups in total. The van der Waals surface area contributed by atoms with Gasteiger partial charge in [0.15, 0.2) is 12.1 Å². The molecular formula is C29H28O4. The van der Waals surface area contributed by atoms with Crippen LogP contribution >= 0.6 is 0 Å². The van der Waals surface area contributed by atoms with Crippen LogP contribution in [-0.4, -0.2) is 30.4 Å². The lowest BCUT2D eigenvalue weighted by atomic mass is 9.90. The van der Waals surface area contributed by atoms with E-state index in [1.807, 2.05) is 68.4 Å². The van der Waals surface area contributed by atoms with E-state index in [2.05, 4.69) is 11.8 Å². The lowest BCUT2D eigenvalue weighted by Gasteiger charge is -2.23. The van der Waals surface area contributed by atoms with Crippen molar-refractivity contribution < 1.29 is 19.4 Å². The van der Waals surface area contributed by atoms with E-state index in [4.69, 9.17) is 9.47 Å². The Hall–Kier alpha value is -3.49. The Morgan fingerprint density at radius 1 is 0.818 bits per heavy atom. The van der Waals surface area contributed by atoms with Gasteiger partial charge in [-0.2, -0.15) is 0 Å². The summed E-state index contributed by atoms with van der Waals surface area (Å²) >= 11 is 0. The molecule has 0 bridgehead atoms. The summed E-state index contributed by atoms with van der Waals surface area (Å²) in [6, 6.07) is 27.4. The Bertz CT molecular complexity index is 1100. The van der Waals surface area contributed by atoms with Gasteiger partial charge in [-0.15, -0.1) is 0 Å². The predicted octanol–water partition coefficient (Wildman–Crippen LogP) is 5.35. The first-order valence-corrected chi connectivity index (χ1v) is 11.0. The number of aliphatic hydroxyl groups excluding tert-OH is 1. The van der Waals surface area contributed by atoms with Gasteiger partial charge in [0.05, 0.1) is 5.57 Å². The number of carbonyl (C=O) groups is 1. The van der Waals surface area contributed by atoms with Crippen LogP contribution in [0.4, 0.5) is 0 Å². The normalized spacial score (nSPS) is 12.5. The molecule has 168 valence electrons. The van der Waals surface area contributed by atoms with Gasteiger partial charge in [-0.1, -0.05) is 90.7 Å². The molecule has 0 aliphatic rings. The van der Waals surface area contributed by atoms with Crippen LogP contribution in [0, 0.1) is 11.8 Å². The van der Waals surface area contributed by atoms with Crippen molar-refractivity contribution in [2.45, 2.75) is 26.2 Å². The summed E-state index contributed by atoms with van der Waals surface area (Å²) in [6.45, 7) is 4.41. The van der Waals surface area contributed by atoms with Gasteiger partial charge in [0.2, 0.25) is 0 Å². The van der Waals surface area contributed by atoms with Crippen molar-refractivity contribution >= 4 is 5.78 Å². The van der Waals surface area contributed by atoms with E-state index in [9.17, 15) is 9.90 Å². The Morgan fingerprint density at radius 3 is 1.88 bits per heavy atom. The van der Waals surface area contributed by atoms with E-state index in [1.54, 1.807) is 36.4 Å². The molecule has 0 aliphatic carbocycles. The third-order valence-electron chi connectivity index (χ3n) is 4.95. The molecular weight excluding hydrogens is 412 g/mol. The first-order chi connectivity index (χ1) is 16.2. The topological polar surface area (TPSA) is 55.8 Å². The van der Waals surface area contributed by atoms with Gasteiger partial charge in [0.25, 0.3) is 0 Å². The summed E-state index contributed by atoms with van der Waals surface area (Å²) < 4.78 is 11.7. The molecule has 3 rings (SSSR count). The van der Waals surface area contributed by atoms with E-state index in [1.165, 1.54) is 0 Å². The number of rotatable bonds is 9. The SMILES string of the molecule is CCOC(OCC)C(C#Cc1ccccc1)=C(C(=O)c1ccccc1)C(O)c1ccccc1. The number of aliphatic hydroxyl groups is 1. The van der Waals surface area contributed by atoms with E-state index >= 15 is 0 Å². The number of Topliss-reactive ketones (excluding diaryl/α,β-unsaturated/α-hetero) is 1. The molecule has 0 aromatic heterocycles. The molecule has 4 nitrogen and oxygen atoms in total. The minimum atomic E-state index is -1.21. The van der Waals surface area contributed by atoms with Gasteiger partial charge >= 0.3 is 0 Å². The summed E-state index contributed by atoms with van der Waals surface area (Å²) in [5.74, 6) is 5.88. The Labute approximate surface area is 195 Å². The lowest BCUT2D eigenvalue weighted by Crippen LogP contribution is -2.25. The number of carbonyl (C=O) groups excluding carboxylic acids is 1. The molecule has 0 amide bonds. The summed E-state index contributed by atoms with van der Waals surface area (Å²) in [4.78, 5) is 13.7. The van der Waals surface area contributed by atoms with Crippen LogP contribution in [0.2, 0.25) is 0 Å². The fraction of sp³-hybridized carbons (Fsp3) is 0.207. The van der Waals surface area contributed by atoms with Crippen LogP contribution in [-0.2, 0) is 9.47 Å². The van der Waals surface area contributed by atoms with Crippen LogP contribution in [0.1, 0.15) is 41.4 Å². The fourth-order valence-electron chi connectivity index (χ4n) is 3.37. The quantitative estimate of drug-likeness (QED) is 0.211. The van der Waals surface area contributed by atoms with Crippen molar-refractivity contribution in [3.05, 3.63) is 119 Å². The molecule has 0 aliphatic heterocycles. The van der Waals surface area contributed by atoms with Crippen molar-refractivity contribution in [2.75, 3.05) is 13.2 Å². The highest BCUT2D eigenvalue weighted by Crippen LogP contribution is 2.30. The zero-order chi connectivity index (χ0) is 23.5. The Balaban J connectivity index is 2.25. The minimum absolute atomic E-state index is 0.141. The van der Waals surface area contributed by atoms with Gasteiger partial charge in [-0.05, 0) is 31.5 Å². The lowest BCUT2D eigenvalue weighted by molar-refractivity contribution is -0.109. The number of hydrogen-bond acceptors (Lipinski definition) is 4. The molecule has 0 saturated heterocycles. The standard InChI is InChI=1S/C29H28O4/c1-3-32-29(33-4-2)25(21-20-22-14-8-5-9-15-22)26(27(30)23-16-10-6-11-17-23)28(31)24-18-12-7-13-19-24/h5-19,27,29-30H,3-4H2,1-2H3. The molecule has 0 saturated carbocycles. The maximum atomic E-state index is 13.7. The second kappa shape index (κ2) is 12.5. The molecule has 0 heterocycles. The maximum Gasteiger partial charge on any atom is 0.193 e. The first-order valence-electron chi connectivity index (χ1n) is 11.0. The van der Waals surface area contributed by atoms with Crippen LogP contribution in [0.25, 0.3) is 0 Å². The third-order valence-corrected chi connectivity index (χ3v) is 4.95. The molecule has 3 aromatic carbocycles. The van der Waals surface area contributed by atoms with Crippen LogP contribution in [0.3, 0.4) is 0 Å². The van der Waals surface area contributed by atoms with Gasteiger partial charge in [0, 0.05) is 29.9 Å². The average molecular weight is 441 g/mol. The van der Waals surface area contributed by atoms with Crippen molar-refractivity contribution in [3.63, 3.8) is 0 Å². The van der Waals surface area contributed by atoms with E-state index in [0.717, 1.165) is 5.56 Å². The third kappa shape index (κ3) is 6.50. The molecule has 0 spiro atoms. The molecule has 3 aromatic rings. The maximum absolute atomic E-state index is 13.7. The van der Waals surface area contributed by atoms with Crippen LogP contribution in [0.5, 0.6) is 0 Å². The molecule has 0 fully saturated rings. The molecule has 1 atom stereocenters. The molecule has 33 heavy (non-hydrogen) atoms. The molecule has 4 heteroatoms. The van der Waals surface area contributed by atoms with Crippen molar-refractivity contribution in [3.8, 4) is 11.8 Å². The van der Waals surface area contributed by atoms with Gasteiger partial charge in [0.1, 0.15) is 6.10 Å². The zero-order valence-corrected chi connectivity index (χ0v) is 18.9. The van der Waals surface area contributed by atoms with Crippen molar-refractivity contribution in [1.29, 1.82) is 0 Å². The first kappa shape index (κ1) is 24.2. The van der Waals surface area contributed by atoms with Crippen molar-refractivity contribution in [2.24, 2.45) is 0 Å². The molecule has 1 unspecified atom stereocenters. The number of hydrogen-bond donors (Lipinski definition) is 1. The number of ketones is 1. The second-order valence-electron chi connectivity index (χ2n) is 7.19. The van der Waals surface area contributed by atoms with E-state index < -0.39 is 12.4 Å². The summed E-state index contributed by atoms with van der Waals surface area (Å²) in [5.41, 5.74) is 2.27. The monoisotopic (exact) mass is 440 g/mol. The van der Waals surface area contributed by atoms with E-state index in [-0.39, 0.29) is 11.4 Å². The predicted molar refractivity (Wildman–Crippen MR) is 130 cm³/mol. The minimum Gasteiger partial charge on any atom is -0.383 e. The van der Waals surface area contributed by atoms with Gasteiger partial charge in [-0.25, -0.2) is 0 Å². The highest BCUT2D eigenvalue weighted by molar-refractivity contribution is 6.10. The summed E-state index contributed by atoms with van der Waals surface area (Å²) in [5, 5.41) is 11.4. The Kier molecular flexibility index (Phi) is 9.17. The molecule has 0 radical (unpaired) electrons. The highest BCUT2D eigenvalue weighted by atomic mass is 16.7. The van der Waals surface area contributed by atoms with Gasteiger partial charge < -0.3 is 14.6 Å². The number of ether oxygens (including phenoxy) is 2. The average Bonchev–Trinajstić information content (AvgIpc) is 2.87. The number of benzene rings is 3. The summed E-state index contributed by atoms with van der Waals surface area (Å²) in [7, 11) is 0. The zero-order valence-electron chi connectivity index (χ0n) is 18.9. The Morgan fingerprint density at radius 2 is 1.33 bits per heavy atom. The van der Waals surface area contributed by atoms with Gasteiger partial charge in [-0.3, -0.25) is 4.79 Å². The van der Waals surface area contributed by atoms with Crippen molar-refractivity contribution in [1.82, 2.24) is 0 Å². The van der Waals surface area contributed by atoms with Crippen LogP contribution in [0.15, 0.2) is 102 Å². The summed E-state index contributed by atoms with van der Waals surface area (Å²) in [6.07, 6.45) is -2.10. The fourth-order valence-corrected chi connectivity index (χ4v) is 3.37. The van der Waals surface area contributed by atoms with Crippen LogP contribution < -0.4 is 0 Å². The smallest absolute Gasteiger partial charge is 0.193 e. The second-order valence-corrected chi connectivity index (χ2v) is 7.19.